The summed E-state index contributed by atoms with van der Waals surface area (Å²) in [6, 6.07) is 2.25. The molecule has 0 saturated carbocycles. The molecule has 0 radical (unpaired) electrons. The molecule has 0 aliphatic rings. The molecular formula is C3Co2N6. The van der Waals surface area contributed by atoms with Crippen LogP contribution in [0.25, 0.3) is 32.5 Å². The Bertz CT molecular complexity index is 107. The van der Waals surface area contributed by atoms with Gasteiger partial charge in [0.15, 0.2) is 0 Å². The Morgan fingerprint density at radius 1 is 0.455 bits per heavy atom. The van der Waals surface area contributed by atoms with E-state index >= 15 is 0 Å². The Labute approximate surface area is 84.2 Å². The van der Waals surface area contributed by atoms with Crippen LogP contribution in [0.4, 0.5) is 0 Å². The van der Waals surface area contributed by atoms with E-state index in [1.807, 2.05) is 0 Å². The second-order valence-electron chi connectivity index (χ2n) is 0.300. The van der Waals surface area contributed by atoms with E-state index in [-0.39, 0.29) is 33.6 Å². The van der Waals surface area contributed by atoms with Gasteiger partial charge in [-0.1, -0.05) is 0 Å². The van der Waals surface area contributed by atoms with Gasteiger partial charge in [0.05, 0.1) is 0 Å². The van der Waals surface area contributed by atoms with Crippen LogP contribution < -0.4 is 0 Å². The molecule has 0 amide bonds. The van der Waals surface area contributed by atoms with E-state index in [4.69, 9.17) is 32.5 Å². The van der Waals surface area contributed by atoms with Crippen LogP contribution >= 0.6 is 0 Å². The summed E-state index contributed by atoms with van der Waals surface area (Å²) in [4.78, 5) is 0. The smallest absolute Gasteiger partial charge is 0.786 e. The molecule has 60 valence electrons. The van der Waals surface area contributed by atoms with Crippen molar-refractivity contribution in [3.63, 3.8) is 0 Å². The molecular weight excluding hydrogens is 238 g/mol. The summed E-state index contributed by atoms with van der Waals surface area (Å²) >= 11 is 0. The minimum atomic E-state index is 0. The number of nitrogens with zero attached hydrogens (tertiary/aromatic N) is 6. The zero-order chi connectivity index (χ0) is 8.12. The third-order valence-corrected chi connectivity index (χ3v) is 0. The fourth-order valence-corrected chi connectivity index (χ4v) is 0. The van der Waals surface area contributed by atoms with Crippen molar-refractivity contribution in [3.8, 4) is 0 Å². The van der Waals surface area contributed by atoms with Crippen LogP contribution in [0.15, 0.2) is 0 Å². The van der Waals surface area contributed by atoms with Gasteiger partial charge < -0.3 is 50.5 Å². The van der Waals surface area contributed by atoms with Gasteiger partial charge in [-0.3, -0.25) is 0 Å². The van der Waals surface area contributed by atoms with Crippen molar-refractivity contribution in [1.82, 2.24) is 0 Å². The molecule has 11 heavy (non-hydrogen) atoms. The van der Waals surface area contributed by atoms with Gasteiger partial charge in [-0.2, -0.15) is 0 Å². The molecule has 0 rings (SSSR count). The molecule has 0 saturated heterocycles. The standard InChI is InChI=1S/3CN2.2Co/c3*2-1-3;;/q3*-2;2*+3. The van der Waals surface area contributed by atoms with E-state index < -0.39 is 0 Å². The van der Waals surface area contributed by atoms with Gasteiger partial charge in [0.25, 0.3) is 0 Å². The maximum Gasteiger partial charge on any atom is 3.00 e. The molecule has 0 aliphatic carbocycles. The number of rotatable bonds is 0. The molecule has 0 N–H and O–H groups in total. The van der Waals surface area contributed by atoms with Crippen LogP contribution in [0.5, 0.6) is 0 Å². The monoisotopic (exact) mass is 238 g/mol. The van der Waals surface area contributed by atoms with Crippen LogP contribution in [0.3, 0.4) is 0 Å². The SMILES string of the molecule is [Co+3].[Co+3].[N-]=C=[N-].[N-]=C=[N-].[N-]=C=[N-]. The number of hydrogen-bond acceptors (Lipinski definition) is 0. The molecule has 0 fully saturated rings. The van der Waals surface area contributed by atoms with Crippen molar-refractivity contribution in [2.45, 2.75) is 0 Å². The Hall–Kier alpha value is -0.847. The second-order valence-corrected chi connectivity index (χ2v) is 0.300. The quantitative estimate of drug-likeness (QED) is 0.554. The van der Waals surface area contributed by atoms with Gasteiger partial charge >= 0.3 is 33.6 Å². The van der Waals surface area contributed by atoms with Crippen LogP contribution in [0, 0.1) is 0 Å². The molecule has 6 nitrogen and oxygen atoms in total. The predicted molar refractivity (Wildman–Crippen MR) is 35.2 cm³/mol. The van der Waals surface area contributed by atoms with E-state index in [1.165, 1.54) is 0 Å². The van der Waals surface area contributed by atoms with Crippen molar-refractivity contribution in [2.75, 3.05) is 0 Å². The summed E-state index contributed by atoms with van der Waals surface area (Å²) in [5.41, 5.74) is 0. The summed E-state index contributed by atoms with van der Waals surface area (Å²) in [6.45, 7) is 0. The first kappa shape index (κ1) is 32.0. The average molecular weight is 238 g/mol. The first-order valence-corrected chi connectivity index (χ1v) is 1.34. The normalized spacial score (nSPS) is 2.18. The fourth-order valence-electron chi connectivity index (χ4n) is 0. The first-order chi connectivity index (χ1) is 4.24. The summed E-state index contributed by atoms with van der Waals surface area (Å²) in [5.74, 6) is 0. The summed E-state index contributed by atoms with van der Waals surface area (Å²) in [7, 11) is 0. The van der Waals surface area contributed by atoms with Crippen LogP contribution in [-0.4, -0.2) is 18.0 Å². The minimum absolute atomic E-state index is 0. The molecule has 0 atom stereocenters. The Morgan fingerprint density at radius 2 is 0.455 bits per heavy atom. The van der Waals surface area contributed by atoms with E-state index in [0.29, 0.717) is 0 Å². The fraction of sp³-hybridized carbons (Fsp3) is 0. The molecule has 0 unspecified atom stereocenters. The molecule has 0 spiro atoms. The first-order valence-electron chi connectivity index (χ1n) is 1.34. The molecule has 0 heterocycles. The van der Waals surface area contributed by atoms with Crippen molar-refractivity contribution >= 4 is 18.0 Å². The zero-order valence-electron chi connectivity index (χ0n) is 4.85. The molecule has 8 heteroatoms. The van der Waals surface area contributed by atoms with Gasteiger partial charge in [-0.15, -0.1) is 0 Å². The van der Waals surface area contributed by atoms with Crippen molar-refractivity contribution < 1.29 is 33.6 Å². The van der Waals surface area contributed by atoms with E-state index in [0.717, 1.165) is 18.0 Å². The van der Waals surface area contributed by atoms with Crippen molar-refractivity contribution in [2.24, 2.45) is 0 Å². The molecule has 0 aromatic heterocycles. The van der Waals surface area contributed by atoms with Gasteiger partial charge in [0.1, 0.15) is 0 Å². The van der Waals surface area contributed by atoms with E-state index in [9.17, 15) is 0 Å². The van der Waals surface area contributed by atoms with Crippen molar-refractivity contribution in [3.05, 3.63) is 32.5 Å². The molecule has 0 aliphatic heterocycles. The maximum atomic E-state index is 6.88. The van der Waals surface area contributed by atoms with Gasteiger partial charge in [-0.05, 0) is 0 Å². The minimum Gasteiger partial charge on any atom is -0.786 e. The maximum absolute atomic E-state index is 6.88. The molecule has 0 bridgehead atoms. The summed E-state index contributed by atoms with van der Waals surface area (Å²) < 4.78 is 0. The van der Waals surface area contributed by atoms with Crippen molar-refractivity contribution in [1.29, 1.82) is 0 Å². The van der Waals surface area contributed by atoms with Crippen LogP contribution in [0.2, 0.25) is 0 Å². The Balaban J connectivity index is -0.0000000150. The largest absolute Gasteiger partial charge is 3.00 e. The summed E-state index contributed by atoms with van der Waals surface area (Å²) in [5, 5.41) is 41.2. The van der Waals surface area contributed by atoms with Gasteiger partial charge in [0.2, 0.25) is 0 Å². The van der Waals surface area contributed by atoms with Crippen LogP contribution in [-0.2, 0) is 33.6 Å². The Kier molecular flexibility index (Phi) is 382. The molecule has 0 aromatic rings. The van der Waals surface area contributed by atoms with E-state index in [2.05, 4.69) is 0 Å². The van der Waals surface area contributed by atoms with Gasteiger partial charge in [0, 0.05) is 0 Å². The third kappa shape index (κ3) is 653. The number of hydrogen-bond donors (Lipinski definition) is 0. The van der Waals surface area contributed by atoms with Gasteiger partial charge in [-0.25, -0.2) is 0 Å². The Morgan fingerprint density at radius 3 is 0.455 bits per heavy atom. The zero-order valence-corrected chi connectivity index (χ0v) is 6.93. The summed E-state index contributed by atoms with van der Waals surface area (Å²) in [6.07, 6.45) is 0. The topological polar surface area (TPSA) is 134 Å². The van der Waals surface area contributed by atoms with Crippen LogP contribution in [0.1, 0.15) is 0 Å². The second kappa shape index (κ2) is 131. The third-order valence-electron chi connectivity index (χ3n) is 0. The predicted octanol–water partition coefficient (Wildman–Crippen LogP) is 0.892. The molecule has 0 aromatic carbocycles. The average Bonchev–Trinajstić information content (AvgIpc) is 1.70. The van der Waals surface area contributed by atoms with E-state index in [1.54, 1.807) is 0 Å².